The molecule has 1 aromatic rings. The van der Waals surface area contributed by atoms with E-state index < -0.39 is 29.7 Å². The number of rotatable bonds is 12. The van der Waals surface area contributed by atoms with E-state index in [1.54, 1.807) is 24.3 Å². The molecule has 164 valence electrons. The van der Waals surface area contributed by atoms with Crippen LogP contribution in [0.2, 0.25) is 5.02 Å². The number of Topliss-reactive ketones (excluding diaryl/α,β-unsaturated/α-hetero) is 1. The fraction of sp³-hybridized carbons (Fsp3) is 0.476. The Hall–Kier alpha value is -2.74. The zero-order chi connectivity index (χ0) is 22.7. The minimum atomic E-state index is -0.978. The largest absolute Gasteiger partial charge is 0.350 e. The van der Waals surface area contributed by atoms with Crippen molar-refractivity contribution >= 4 is 41.3 Å². The van der Waals surface area contributed by atoms with Gasteiger partial charge in [-0.05, 0) is 30.0 Å². The van der Waals surface area contributed by atoms with Crippen molar-refractivity contribution in [2.75, 3.05) is 0 Å². The normalized spacial score (nSPS) is 13.5. The van der Waals surface area contributed by atoms with Crippen LogP contribution in [0.15, 0.2) is 24.3 Å². The number of amides is 3. The zero-order valence-corrected chi connectivity index (χ0v) is 18.2. The van der Waals surface area contributed by atoms with E-state index in [1.807, 2.05) is 13.8 Å². The van der Waals surface area contributed by atoms with E-state index in [1.165, 1.54) is 6.92 Å². The maximum atomic E-state index is 12.8. The van der Waals surface area contributed by atoms with E-state index in [9.17, 15) is 19.2 Å². The Labute approximate surface area is 181 Å². The summed E-state index contributed by atoms with van der Waals surface area (Å²) in [4.78, 5) is 48.5. The van der Waals surface area contributed by atoms with Gasteiger partial charge in [0.2, 0.25) is 17.7 Å². The number of carbonyl (C=O) groups excluding carboxylic acids is 4. The Bertz CT molecular complexity index is 767. The summed E-state index contributed by atoms with van der Waals surface area (Å²) in [5.41, 5.74) is 0.823. The van der Waals surface area contributed by atoms with Gasteiger partial charge in [0.1, 0.15) is 12.1 Å². The number of benzene rings is 1. The molecular weight excluding hydrogens is 408 g/mol. The van der Waals surface area contributed by atoms with Crippen LogP contribution in [0.5, 0.6) is 0 Å². The molecule has 0 bridgehead atoms. The summed E-state index contributed by atoms with van der Waals surface area (Å²) in [5, 5.41) is 15.6. The van der Waals surface area contributed by atoms with Gasteiger partial charge in [-0.15, -0.1) is 0 Å². The molecule has 0 saturated carbocycles. The molecule has 0 spiro atoms. The highest BCUT2D eigenvalue weighted by Gasteiger charge is 2.29. The Morgan fingerprint density at radius 2 is 1.73 bits per heavy atom. The second-order valence-electron chi connectivity index (χ2n) is 7.12. The molecule has 1 aromatic carbocycles. The van der Waals surface area contributed by atoms with Gasteiger partial charge in [0, 0.05) is 24.9 Å². The molecule has 8 nitrogen and oxygen atoms in total. The van der Waals surface area contributed by atoms with E-state index in [4.69, 9.17) is 17.0 Å². The molecule has 3 atom stereocenters. The van der Waals surface area contributed by atoms with Crippen LogP contribution in [0.4, 0.5) is 0 Å². The third-order valence-electron chi connectivity index (χ3n) is 4.71. The molecule has 30 heavy (non-hydrogen) atoms. The monoisotopic (exact) mass is 436 g/mol. The molecule has 1 rings (SSSR count). The Morgan fingerprint density at radius 3 is 2.27 bits per heavy atom. The molecule has 0 radical (unpaired) electrons. The Kier molecular flexibility index (Phi) is 10.7. The third-order valence-corrected chi connectivity index (χ3v) is 4.96. The maximum Gasteiger partial charge on any atom is 0.243 e. The third kappa shape index (κ3) is 8.73. The Balaban J connectivity index is 2.88. The lowest BCUT2D eigenvalue weighted by molar-refractivity contribution is -0.133. The van der Waals surface area contributed by atoms with Crippen molar-refractivity contribution in [1.82, 2.24) is 16.0 Å². The average molecular weight is 437 g/mol. The van der Waals surface area contributed by atoms with Crippen LogP contribution < -0.4 is 16.0 Å². The van der Waals surface area contributed by atoms with Gasteiger partial charge in [-0.2, -0.15) is 0 Å². The summed E-state index contributed by atoms with van der Waals surface area (Å²) < 4.78 is 0. The van der Waals surface area contributed by atoms with Gasteiger partial charge >= 0.3 is 0 Å². The van der Waals surface area contributed by atoms with Crippen LogP contribution in [-0.4, -0.2) is 41.8 Å². The molecule has 0 aliphatic carbocycles. The molecule has 9 heteroatoms. The molecule has 1 unspecified atom stereocenters. The summed E-state index contributed by atoms with van der Waals surface area (Å²) in [6.07, 6.45) is 1.32. The fourth-order valence-electron chi connectivity index (χ4n) is 2.72. The van der Waals surface area contributed by atoms with Crippen LogP contribution in [0, 0.1) is 11.3 Å². The number of hydrogen-bond acceptors (Lipinski definition) is 5. The summed E-state index contributed by atoms with van der Waals surface area (Å²) in [6.45, 7) is 5.27. The standard InChI is InChI=1S/C21H29ClN4O4/c1-4-13(2)19(25-14(3)27)21(30)26-18(10-9-17(28)11-23)20(29)24-12-15-5-7-16(22)8-6-15/h5-8,11,13,18-19,23H,4,9-10,12H2,1-3H3,(H,24,29)(H,25,27)(H,26,30)/t13?,18-,19-/m0/s1. The molecule has 0 heterocycles. The Morgan fingerprint density at radius 1 is 1.10 bits per heavy atom. The topological polar surface area (TPSA) is 128 Å². The molecule has 0 saturated heterocycles. The van der Waals surface area contributed by atoms with Crippen LogP contribution in [0.3, 0.4) is 0 Å². The molecular formula is C21H29ClN4O4. The molecule has 0 fully saturated rings. The van der Waals surface area contributed by atoms with Crippen molar-refractivity contribution in [3.63, 3.8) is 0 Å². The van der Waals surface area contributed by atoms with Gasteiger partial charge in [-0.25, -0.2) is 0 Å². The zero-order valence-electron chi connectivity index (χ0n) is 17.5. The number of nitrogens with one attached hydrogen (secondary N) is 4. The lowest BCUT2D eigenvalue weighted by Crippen LogP contribution is -2.55. The summed E-state index contributed by atoms with van der Waals surface area (Å²) >= 11 is 5.85. The average Bonchev–Trinajstić information content (AvgIpc) is 2.73. The number of hydrogen-bond donors (Lipinski definition) is 4. The van der Waals surface area contributed by atoms with Crippen molar-refractivity contribution in [2.45, 2.75) is 58.7 Å². The van der Waals surface area contributed by atoms with Crippen molar-refractivity contribution < 1.29 is 19.2 Å². The van der Waals surface area contributed by atoms with Crippen LogP contribution >= 0.6 is 11.6 Å². The van der Waals surface area contributed by atoms with E-state index in [0.717, 1.165) is 5.56 Å². The van der Waals surface area contributed by atoms with Gasteiger partial charge in [0.05, 0.1) is 6.21 Å². The van der Waals surface area contributed by atoms with Crippen LogP contribution in [-0.2, 0) is 25.7 Å². The van der Waals surface area contributed by atoms with Gasteiger partial charge in [0.25, 0.3) is 0 Å². The molecule has 0 aliphatic heterocycles. The minimum absolute atomic E-state index is 0.0414. The van der Waals surface area contributed by atoms with Crippen LogP contribution in [0.25, 0.3) is 0 Å². The summed E-state index contributed by atoms with van der Waals surface area (Å²) in [7, 11) is 0. The number of ketones is 1. The second kappa shape index (κ2) is 12.7. The van der Waals surface area contributed by atoms with E-state index in [2.05, 4.69) is 16.0 Å². The highest BCUT2D eigenvalue weighted by atomic mass is 35.5. The quantitative estimate of drug-likeness (QED) is 0.373. The predicted molar refractivity (Wildman–Crippen MR) is 115 cm³/mol. The molecule has 3 amide bonds. The first-order chi connectivity index (χ1) is 14.2. The predicted octanol–water partition coefficient (Wildman–Crippen LogP) is 1.99. The van der Waals surface area contributed by atoms with Crippen molar-refractivity contribution in [2.24, 2.45) is 5.92 Å². The summed E-state index contributed by atoms with van der Waals surface area (Å²) in [6, 6.07) is 5.17. The highest BCUT2D eigenvalue weighted by molar-refractivity contribution is 6.30. The first kappa shape index (κ1) is 25.3. The van der Waals surface area contributed by atoms with Crippen molar-refractivity contribution in [3.8, 4) is 0 Å². The van der Waals surface area contributed by atoms with E-state index >= 15 is 0 Å². The first-order valence-corrected chi connectivity index (χ1v) is 10.2. The first-order valence-electron chi connectivity index (χ1n) is 9.80. The van der Waals surface area contributed by atoms with E-state index in [-0.39, 0.29) is 31.2 Å². The van der Waals surface area contributed by atoms with Crippen molar-refractivity contribution in [3.05, 3.63) is 34.9 Å². The van der Waals surface area contributed by atoms with E-state index in [0.29, 0.717) is 17.7 Å². The highest BCUT2D eigenvalue weighted by Crippen LogP contribution is 2.11. The molecule has 0 aliphatic rings. The number of carbonyl (C=O) groups is 4. The van der Waals surface area contributed by atoms with Gasteiger partial charge < -0.3 is 21.4 Å². The van der Waals surface area contributed by atoms with Crippen LogP contribution in [0.1, 0.15) is 45.6 Å². The minimum Gasteiger partial charge on any atom is -0.350 e. The lowest BCUT2D eigenvalue weighted by atomic mass is 9.97. The summed E-state index contributed by atoms with van der Waals surface area (Å²) in [5.74, 6) is -1.89. The number of halogens is 1. The van der Waals surface area contributed by atoms with Gasteiger partial charge in [-0.1, -0.05) is 44.0 Å². The second-order valence-corrected chi connectivity index (χ2v) is 7.55. The van der Waals surface area contributed by atoms with Gasteiger partial charge in [0.15, 0.2) is 5.78 Å². The fourth-order valence-corrected chi connectivity index (χ4v) is 2.85. The van der Waals surface area contributed by atoms with Gasteiger partial charge in [-0.3, -0.25) is 19.2 Å². The smallest absolute Gasteiger partial charge is 0.243 e. The van der Waals surface area contributed by atoms with Crippen molar-refractivity contribution in [1.29, 1.82) is 5.41 Å². The lowest BCUT2D eigenvalue weighted by Gasteiger charge is -2.26. The SMILES string of the molecule is CCC(C)[C@H](NC(C)=O)C(=O)N[C@@H](CCC(=O)C=N)C(=O)NCc1ccc(Cl)cc1. The molecule has 4 N–H and O–H groups in total. The molecule has 0 aromatic heterocycles. The maximum absolute atomic E-state index is 12.8.